The van der Waals surface area contributed by atoms with Crippen molar-refractivity contribution < 1.29 is 14.3 Å². The lowest BCUT2D eigenvalue weighted by Crippen LogP contribution is -2.55. The van der Waals surface area contributed by atoms with Gasteiger partial charge in [0.1, 0.15) is 5.54 Å². The van der Waals surface area contributed by atoms with Gasteiger partial charge in [-0.3, -0.25) is 14.5 Å². The number of carbonyl (C=O) groups is 2. The van der Waals surface area contributed by atoms with Crippen LogP contribution < -0.4 is 10.2 Å². The maximum atomic E-state index is 12.8. The molecule has 1 atom stereocenters. The Bertz CT molecular complexity index is 622. The van der Waals surface area contributed by atoms with Crippen LogP contribution in [0.2, 0.25) is 0 Å². The van der Waals surface area contributed by atoms with E-state index in [1.165, 1.54) is 0 Å². The number of benzene rings is 1. The Balaban J connectivity index is 2.08. The molecule has 1 aromatic carbocycles. The molecule has 1 aromatic rings. The van der Waals surface area contributed by atoms with Gasteiger partial charge in [0.2, 0.25) is 11.8 Å². The number of hydrogen-bond acceptors (Lipinski definition) is 3. The molecule has 1 aliphatic heterocycles. The fourth-order valence-electron chi connectivity index (χ4n) is 3.36. The Morgan fingerprint density at radius 3 is 2.52 bits per heavy atom. The number of nitrogens with zero attached hydrogens (tertiary/aromatic N) is 1. The van der Waals surface area contributed by atoms with E-state index in [1.807, 2.05) is 46.8 Å². The monoisotopic (exact) mass is 346 g/mol. The largest absolute Gasteiger partial charge is 0.379 e. The van der Waals surface area contributed by atoms with Crippen molar-refractivity contribution in [2.45, 2.75) is 65.5 Å². The number of hydrogen-bond donors (Lipinski definition) is 1. The van der Waals surface area contributed by atoms with E-state index in [1.54, 1.807) is 4.90 Å². The van der Waals surface area contributed by atoms with Gasteiger partial charge in [-0.15, -0.1) is 0 Å². The fourth-order valence-corrected chi connectivity index (χ4v) is 3.36. The molecule has 5 heteroatoms. The Morgan fingerprint density at radius 2 is 1.92 bits per heavy atom. The first-order valence-electron chi connectivity index (χ1n) is 9.05. The number of rotatable bonds is 7. The third-order valence-corrected chi connectivity index (χ3v) is 4.58. The van der Waals surface area contributed by atoms with Gasteiger partial charge in [-0.2, -0.15) is 0 Å². The van der Waals surface area contributed by atoms with E-state index in [-0.39, 0.29) is 17.9 Å². The van der Waals surface area contributed by atoms with Crippen LogP contribution in [0.5, 0.6) is 0 Å². The third-order valence-electron chi connectivity index (χ3n) is 4.58. The molecule has 1 heterocycles. The van der Waals surface area contributed by atoms with E-state index >= 15 is 0 Å². The van der Waals surface area contributed by atoms with Crippen LogP contribution in [0.3, 0.4) is 0 Å². The highest BCUT2D eigenvalue weighted by molar-refractivity contribution is 6.06. The Labute approximate surface area is 150 Å². The molecule has 1 saturated heterocycles. The molecule has 1 fully saturated rings. The van der Waals surface area contributed by atoms with Crippen molar-refractivity contribution in [3.8, 4) is 0 Å². The van der Waals surface area contributed by atoms with Gasteiger partial charge < -0.3 is 10.1 Å². The Morgan fingerprint density at radius 1 is 1.28 bits per heavy atom. The fraction of sp³-hybridized carbons (Fsp3) is 0.600. The topological polar surface area (TPSA) is 58.6 Å². The smallest absolute Gasteiger partial charge is 0.246 e. The number of nitrogens with one attached hydrogen (secondary N) is 1. The first kappa shape index (κ1) is 19.4. The number of aryl methyl sites for hydroxylation is 2. The molecule has 0 unspecified atom stereocenters. The third kappa shape index (κ3) is 4.60. The summed E-state index contributed by atoms with van der Waals surface area (Å²) in [5.41, 5.74) is 2.14. The minimum Gasteiger partial charge on any atom is -0.379 e. The molecule has 25 heavy (non-hydrogen) atoms. The minimum absolute atomic E-state index is 0.00536. The predicted molar refractivity (Wildman–Crippen MR) is 99.8 cm³/mol. The van der Waals surface area contributed by atoms with Gasteiger partial charge in [0.25, 0.3) is 0 Å². The maximum Gasteiger partial charge on any atom is 0.246 e. The van der Waals surface area contributed by atoms with Gasteiger partial charge >= 0.3 is 0 Å². The number of amides is 2. The van der Waals surface area contributed by atoms with E-state index < -0.39 is 5.54 Å². The molecule has 0 spiro atoms. The lowest BCUT2D eigenvalue weighted by molar-refractivity contribution is -0.127. The molecule has 2 rings (SSSR count). The summed E-state index contributed by atoms with van der Waals surface area (Å²) in [6.07, 6.45) is 1.89. The molecule has 0 aromatic heterocycles. The van der Waals surface area contributed by atoms with Crippen LogP contribution in [0.15, 0.2) is 18.2 Å². The normalized spacial score (nSPS) is 20.4. The Hall–Kier alpha value is -1.88. The van der Waals surface area contributed by atoms with Crippen molar-refractivity contribution in [1.29, 1.82) is 0 Å². The van der Waals surface area contributed by atoms with Crippen LogP contribution in [0.4, 0.5) is 5.69 Å². The molecular formula is C20H30N2O3. The molecule has 5 nitrogen and oxygen atoms in total. The highest BCUT2D eigenvalue weighted by Gasteiger charge is 2.48. The van der Waals surface area contributed by atoms with Gasteiger partial charge in [0, 0.05) is 25.3 Å². The van der Waals surface area contributed by atoms with Gasteiger partial charge in [0.15, 0.2) is 0 Å². The summed E-state index contributed by atoms with van der Waals surface area (Å²) in [5, 5.41) is 2.98. The van der Waals surface area contributed by atoms with Gasteiger partial charge in [-0.1, -0.05) is 6.07 Å². The summed E-state index contributed by atoms with van der Waals surface area (Å²) in [5.74, 6) is -0.0900. The average Bonchev–Trinajstić information content (AvgIpc) is 2.82. The second-order valence-corrected chi connectivity index (χ2v) is 7.38. The van der Waals surface area contributed by atoms with Gasteiger partial charge in [0.05, 0.1) is 6.10 Å². The molecule has 2 amide bonds. The highest BCUT2D eigenvalue weighted by Crippen LogP contribution is 2.36. The van der Waals surface area contributed by atoms with E-state index in [4.69, 9.17) is 4.74 Å². The van der Waals surface area contributed by atoms with Gasteiger partial charge in [-0.05, 0) is 70.7 Å². The van der Waals surface area contributed by atoms with Crippen LogP contribution >= 0.6 is 0 Å². The summed E-state index contributed by atoms with van der Waals surface area (Å²) in [6.45, 7) is 11.0. The van der Waals surface area contributed by atoms with Crippen molar-refractivity contribution in [3.63, 3.8) is 0 Å². The van der Waals surface area contributed by atoms with Gasteiger partial charge in [-0.25, -0.2) is 0 Å². The van der Waals surface area contributed by atoms with Crippen LogP contribution in [-0.2, 0) is 14.3 Å². The summed E-state index contributed by atoms with van der Waals surface area (Å²) >= 11 is 0. The molecule has 0 bridgehead atoms. The van der Waals surface area contributed by atoms with Crippen LogP contribution in [0, 0.1) is 13.8 Å². The van der Waals surface area contributed by atoms with Crippen molar-refractivity contribution in [2.24, 2.45) is 0 Å². The molecule has 0 saturated carbocycles. The SMILES string of the molecule is Cc1cc(C)cc(N2C(=O)CC[C@]2(C)C(=O)NCCCOC(C)C)c1. The quantitative estimate of drug-likeness (QED) is 0.772. The molecule has 0 radical (unpaired) electrons. The molecule has 1 aliphatic rings. The van der Waals surface area contributed by atoms with E-state index in [0.29, 0.717) is 26.0 Å². The van der Waals surface area contributed by atoms with Crippen LogP contribution in [0.25, 0.3) is 0 Å². The van der Waals surface area contributed by atoms with Crippen molar-refractivity contribution in [3.05, 3.63) is 29.3 Å². The second-order valence-electron chi connectivity index (χ2n) is 7.38. The zero-order valence-electron chi connectivity index (χ0n) is 16.0. The summed E-state index contributed by atoms with van der Waals surface area (Å²) < 4.78 is 5.49. The molecule has 1 N–H and O–H groups in total. The van der Waals surface area contributed by atoms with E-state index in [2.05, 4.69) is 11.4 Å². The second kappa shape index (κ2) is 8.00. The average molecular weight is 346 g/mol. The maximum absolute atomic E-state index is 12.8. The standard InChI is InChI=1S/C20H30N2O3/c1-14(2)25-10-6-9-21-19(24)20(5)8-7-18(23)22(20)17-12-15(3)11-16(4)13-17/h11-14H,6-10H2,1-5H3,(H,21,24)/t20-/m1/s1. The lowest BCUT2D eigenvalue weighted by atomic mass is 9.96. The summed E-state index contributed by atoms with van der Waals surface area (Å²) in [4.78, 5) is 27.0. The van der Waals surface area contributed by atoms with Crippen molar-refractivity contribution in [1.82, 2.24) is 5.32 Å². The van der Waals surface area contributed by atoms with E-state index in [0.717, 1.165) is 23.2 Å². The molecule has 0 aliphatic carbocycles. The molecular weight excluding hydrogens is 316 g/mol. The zero-order valence-corrected chi connectivity index (χ0v) is 16.0. The zero-order chi connectivity index (χ0) is 18.6. The minimum atomic E-state index is -0.837. The lowest BCUT2D eigenvalue weighted by Gasteiger charge is -2.34. The number of carbonyl (C=O) groups excluding carboxylic acids is 2. The first-order chi connectivity index (χ1) is 11.7. The first-order valence-corrected chi connectivity index (χ1v) is 9.05. The predicted octanol–water partition coefficient (Wildman–Crippen LogP) is 3.12. The van der Waals surface area contributed by atoms with Crippen molar-refractivity contribution in [2.75, 3.05) is 18.1 Å². The van der Waals surface area contributed by atoms with E-state index in [9.17, 15) is 9.59 Å². The Kier molecular flexibility index (Phi) is 6.22. The van der Waals surface area contributed by atoms with Crippen molar-refractivity contribution >= 4 is 17.5 Å². The highest BCUT2D eigenvalue weighted by atomic mass is 16.5. The number of anilines is 1. The summed E-state index contributed by atoms with van der Waals surface area (Å²) in [6, 6.07) is 6.01. The molecule has 138 valence electrons. The number of ether oxygens (including phenoxy) is 1. The van der Waals surface area contributed by atoms with Crippen LogP contribution in [0.1, 0.15) is 51.2 Å². The van der Waals surface area contributed by atoms with Crippen LogP contribution in [-0.4, -0.2) is 36.6 Å². The summed E-state index contributed by atoms with van der Waals surface area (Å²) in [7, 11) is 0.